The van der Waals surface area contributed by atoms with Gasteiger partial charge < -0.3 is 5.11 Å². The minimum atomic E-state index is -0.241. The van der Waals surface area contributed by atoms with Crippen LogP contribution in [0.2, 0.25) is 0 Å². The molecule has 1 N–H and O–H groups in total. The molecule has 0 aliphatic carbocycles. The van der Waals surface area contributed by atoms with Crippen LogP contribution in [0.25, 0.3) is 0 Å². The Labute approximate surface area is 65.2 Å². The van der Waals surface area contributed by atoms with Gasteiger partial charge in [-0.2, -0.15) is 5.26 Å². The maximum absolute atomic E-state index is 8.77. The van der Waals surface area contributed by atoms with E-state index < -0.39 is 0 Å². The molecular formula is C7H11NOS. The van der Waals surface area contributed by atoms with E-state index in [9.17, 15) is 0 Å². The van der Waals surface area contributed by atoms with Crippen molar-refractivity contribution in [1.29, 1.82) is 5.26 Å². The third kappa shape index (κ3) is 1.44. The molecule has 0 amide bonds. The van der Waals surface area contributed by atoms with E-state index in [4.69, 9.17) is 10.4 Å². The topological polar surface area (TPSA) is 44.0 Å². The Kier molecular flexibility index (Phi) is 2.58. The zero-order chi connectivity index (χ0) is 7.45. The molecule has 2 nitrogen and oxygen atoms in total. The van der Waals surface area contributed by atoms with Gasteiger partial charge in [-0.3, -0.25) is 0 Å². The first-order chi connectivity index (χ1) is 4.83. The quantitative estimate of drug-likeness (QED) is 0.654. The van der Waals surface area contributed by atoms with Gasteiger partial charge in [0.25, 0.3) is 0 Å². The van der Waals surface area contributed by atoms with Crippen LogP contribution in [0, 0.1) is 11.3 Å². The van der Waals surface area contributed by atoms with Crippen molar-refractivity contribution in [1.82, 2.24) is 0 Å². The van der Waals surface area contributed by atoms with Gasteiger partial charge >= 0.3 is 0 Å². The van der Waals surface area contributed by atoms with E-state index in [2.05, 4.69) is 6.07 Å². The van der Waals surface area contributed by atoms with Crippen molar-refractivity contribution in [2.24, 2.45) is 0 Å². The number of rotatable bonds is 2. The number of aliphatic hydroxyl groups excluding tert-OH is 1. The minimum Gasteiger partial charge on any atom is -0.396 e. The zero-order valence-electron chi connectivity index (χ0n) is 5.84. The molecule has 0 spiro atoms. The van der Waals surface area contributed by atoms with Crippen LogP contribution in [0.1, 0.15) is 19.3 Å². The maximum Gasteiger partial charge on any atom is 0.105 e. The van der Waals surface area contributed by atoms with E-state index in [-0.39, 0.29) is 11.4 Å². The highest BCUT2D eigenvalue weighted by Gasteiger charge is 2.33. The molecular weight excluding hydrogens is 146 g/mol. The van der Waals surface area contributed by atoms with Crippen molar-refractivity contribution < 1.29 is 5.11 Å². The Morgan fingerprint density at radius 1 is 1.70 bits per heavy atom. The molecule has 0 aromatic heterocycles. The highest BCUT2D eigenvalue weighted by Crippen LogP contribution is 2.39. The van der Waals surface area contributed by atoms with Crippen LogP contribution in [0.5, 0.6) is 0 Å². The Morgan fingerprint density at radius 3 is 2.90 bits per heavy atom. The fraction of sp³-hybridized carbons (Fsp3) is 0.857. The lowest BCUT2D eigenvalue weighted by molar-refractivity contribution is 0.277. The van der Waals surface area contributed by atoms with Gasteiger partial charge in [-0.05, 0) is 25.0 Å². The first kappa shape index (κ1) is 7.90. The highest BCUT2D eigenvalue weighted by molar-refractivity contribution is 8.01. The second kappa shape index (κ2) is 3.27. The fourth-order valence-corrected chi connectivity index (χ4v) is 2.49. The summed E-state index contributed by atoms with van der Waals surface area (Å²) in [4.78, 5) is 0. The predicted molar refractivity (Wildman–Crippen MR) is 41.7 cm³/mol. The third-order valence-electron chi connectivity index (χ3n) is 1.82. The van der Waals surface area contributed by atoms with Crippen molar-refractivity contribution in [3.63, 3.8) is 0 Å². The molecule has 10 heavy (non-hydrogen) atoms. The Balaban J connectivity index is 2.51. The average molecular weight is 157 g/mol. The summed E-state index contributed by atoms with van der Waals surface area (Å²) >= 11 is 1.69. The van der Waals surface area contributed by atoms with Crippen molar-refractivity contribution in [2.45, 2.75) is 24.0 Å². The van der Waals surface area contributed by atoms with E-state index in [1.807, 2.05) is 0 Å². The number of thioether (sulfide) groups is 1. The monoisotopic (exact) mass is 157 g/mol. The molecule has 1 atom stereocenters. The van der Waals surface area contributed by atoms with Crippen LogP contribution in [0.3, 0.4) is 0 Å². The molecule has 0 saturated carbocycles. The summed E-state index contributed by atoms with van der Waals surface area (Å²) < 4.78 is -0.241. The van der Waals surface area contributed by atoms with Crippen molar-refractivity contribution in [3.8, 4) is 6.07 Å². The van der Waals surface area contributed by atoms with Gasteiger partial charge in [0, 0.05) is 6.61 Å². The van der Waals surface area contributed by atoms with Gasteiger partial charge in [-0.1, -0.05) is 0 Å². The molecule has 1 rings (SSSR count). The Bertz CT molecular complexity index is 146. The summed E-state index contributed by atoms with van der Waals surface area (Å²) in [6.07, 6.45) is 2.71. The summed E-state index contributed by atoms with van der Waals surface area (Å²) in [7, 11) is 0. The molecule has 1 aliphatic rings. The lowest BCUT2D eigenvalue weighted by Gasteiger charge is -2.16. The second-order valence-corrected chi connectivity index (χ2v) is 4.01. The number of aliphatic hydroxyl groups is 1. The molecule has 1 saturated heterocycles. The summed E-state index contributed by atoms with van der Waals surface area (Å²) in [5, 5.41) is 17.4. The first-order valence-corrected chi connectivity index (χ1v) is 4.48. The standard InChI is InChI=1S/C7H11NOS/c8-6-7(3-4-9)2-1-5-10-7/h9H,1-5H2. The fourth-order valence-electron chi connectivity index (χ4n) is 1.22. The number of hydrogen-bond donors (Lipinski definition) is 1. The van der Waals surface area contributed by atoms with E-state index in [0.717, 1.165) is 18.6 Å². The third-order valence-corrected chi connectivity index (χ3v) is 3.37. The second-order valence-electron chi connectivity index (χ2n) is 2.53. The first-order valence-electron chi connectivity index (χ1n) is 3.49. The molecule has 0 radical (unpaired) electrons. The highest BCUT2D eigenvalue weighted by atomic mass is 32.2. The lowest BCUT2D eigenvalue weighted by Crippen LogP contribution is -2.19. The van der Waals surface area contributed by atoms with Crippen LogP contribution in [-0.4, -0.2) is 22.2 Å². The van der Waals surface area contributed by atoms with E-state index >= 15 is 0 Å². The van der Waals surface area contributed by atoms with Gasteiger partial charge in [0.05, 0.1) is 6.07 Å². The minimum absolute atomic E-state index is 0.139. The van der Waals surface area contributed by atoms with Crippen LogP contribution in [-0.2, 0) is 0 Å². The summed E-state index contributed by atoms with van der Waals surface area (Å²) in [5.41, 5.74) is 0. The number of hydrogen-bond acceptors (Lipinski definition) is 3. The average Bonchev–Trinajstić information content (AvgIpc) is 2.39. The number of nitriles is 1. The summed E-state index contributed by atoms with van der Waals surface area (Å²) in [6.45, 7) is 0.139. The van der Waals surface area contributed by atoms with Gasteiger partial charge in [0.1, 0.15) is 4.75 Å². The zero-order valence-corrected chi connectivity index (χ0v) is 6.65. The molecule has 56 valence electrons. The normalized spacial score (nSPS) is 32.0. The smallest absolute Gasteiger partial charge is 0.105 e. The van der Waals surface area contributed by atoms with Gasteiger partial charge in [0.15, 0.2) is 0 Å². The Morgan fingerprint density at radius 2 is 2.50 bits per heavy atom. The maximum atomic E-state index is 8.77. The van der Waals surface area contributed by atoms with Crippen molar-refractivity contribution in [2.75, 3.05) is 12.4 Å². The predicted octanol–water partition coefficient (Wildman–Crippen LogP) is 1.16. The van der Waals surface area contributed by atoms with E-state index in [0.29, 0.717) is 6.42 Å². The van der Waals surface area contributed by atoms with Crippen molar-refractivity contribution in [3.05, 3.63) is 0 Å². The largest absolute Gasteiger partial charge is 0.396 e. The van der Waals surface area contributed by atoms with Crippen LogP contribution >= 0.6 is 11.8 Å². The van der Waals surface area contributed by atoms with E-state index in [1.165, 1.54) is 0 Å². The SMILES string of the molecule is N#CC1(CCO)CCCS1. The molecule has 1 heterocycles. The summed E-state index contributed by atoms with van der Waals surface area (Å²) in [5.74, 6) is 1.08. The molecule has 1 aliphatic heterocycles. The van der Waals surface area contributed by atoms with Gasteiger partial charge in [-0.15, -0.1) is 11.8 Å². The van der Waals surface area contributed by atoms with Gasteiger partial charge in [-0.25, -0.2) is 0 Å². The van der Waals surface area contributed by atoms with Crippen molar-refractivity contribution >= 4 is 11.8 Å². The molecule has 1 unspecified atom stereocenters. The van der Waals surface area contributed by atoms with Crippen LogP contribution < -0.4 is 0 Å². The molecule has 1 fully saturated rings. The molecule has 3 heteroatoms. The summed E-state index contributed by atoms with van der Waals surface area (Å²) in [6, 6.07) is 2.28. The van der Waals surface area contributed by atoms with Gasteiger partial charge in [0.2, 0.25) is 0 Å². The molecule has 0 bridgehead atoms. The molecule has 0 aromatic carbocycles. The van der Waals surface area contributed by atoms with Crippen LogP contribution in [0.4, 0.5) is 0 Å². The lowest BCUT2D eigenvalue weighted by atomic mass is 10.0. The van der Waals surface area contributed by atoms with Crippen LogP contribution in [0.15, 0.2) is 0 Å². The Hall–Kier alpha value is -0.200. The number of nitrogens with zero attached hydrogens (tertiary/aromatic N) is 1. The molecule has 0 aromatic rings. The van der Waals surface area contributed by atoms with E-state index in [1.54, 1.807) is 11.8 Å².